The lowest BCUT2D eigenvalue weighted by Crippen LogP contribution is -2.27. The van der Waals surface area contributed by atoms with Crippen molar-refractivity contribution in [2.45, 2.75) is 20.3 Å². The minimum Gasteiger partial charge on any atom is -0.212 e. The molecule has 0 heterocycles. The summed E-state index contributed by atoms with van der Waals surface area (Å²) in [4.78, 5) is 0. The van der Waals surface area contributed by atoms with Crippen molar-refractivity contribution in [3.8, 4) is 0 Å². The van der Waals surface area contributed by atoms with Gasteiger partial charge in [0.1, 0.15) is 0 Å². The van der Waals surface area contributed by atoms with E-state index in [1.165, 1.54) is 0 Å². The van der Waals surface area contributed by atoms with Gasteiger partial charge in [-0.05, 0) is 12.3 Å². The fourth-order valence-corrected chi connectivity index (χ4v) is 2.12. The second-order valence-electron chi connectivity index (χ2n) is 3.34. The molecule has 0 amide bonds. The lowest BCUT2D eigenvalue weighted by atomic mass is 10.2. The van der Waals surface area contributed by atoms with Gasteiger partial charge in [0.25, 0.3) is 0 Å². The van der Waals surface area contributed by atoms with Crippen molar-refractivity contribution < 1.29 is 8.42 Å². The molecular formula is C8H16ClNO2S. The zero-order valence-electron chi connectivity index (χ0n) is 8.01. The van der Waals surface area contributed by atoms with Crippen LogP contribution < -0.4 is 4.72 Å². The van der Waals surface area contributed by atoms with E-state index in [1.54, 1.807) is 0 Å². The third-order valence-electron chi connectivity index (χ3n) is 1.45. The molecule has 0 aliphatic rings. The summed E-state index contributed by atoms with van der Waals surface area (Å²) in [5.74, 6) is 0.533. The highest BCUT2D eigenvalue weighted by Crippen LogP contribution is 2.02. The molecule has 0 rings (SSSR count). The van der Waals surface area contributed by atoms with Crippen LogP contribution in [-0.4, -0.2) is 20.7 Å². The Morgan fingerprint density at radius 3 is 2.46 bits per heavy atom. The summed E-state index contributed by atoms with van der Waals surface area (Å²) < 4.78 is 24.8. The first kappa shape index (κ1) is 12.9. The third kappa shape index (κ3) is 8.28. The Morgan fingerprint density at radius 1 is 1.54 bits per heavy atom. The van der Waals surface area contributed by atoms with Crippen molar-refractivity contribution in [1.82, 2.24) is 4.72 Å². The fraction of sp³-hybridized carbons (Fsp3) is 0.750. The van der Waals surface area contributed by atoms with E-state index in [-0.39, 0.29) is 12.3 Å². The van der Waals surface area contributed by atoms with Gasteiger partial charge in [0.2, 0.25) is 10.0 Å². The molecule has 5 heteroatoms. The maximum absolute atomic E-state index is 11.2. The molecular weight excluding hydrogens is 210 g/mol. The lowest BCUT2D eigenvalue weighted by molar-refractivity contribution is 0.565. The van der Waals surface area contributed by atoms with Crippen LogP contribution >= 0.6 is 11.6 Å². The largest absolute Gasteiger partial charge is 0.212 e. The minimum absolute atomic E-state index is 0.113. The Morgan fingerprint density at radius 2 is 2.08 bits per heavy atom. The van der Waals surface area contributed by atoms with Gasteiger partial charge in [-0.2, -0.15) is 0 Å². The van der Waals surface area contributed by atoms with E-state index in [0.29, 0.717) is 17.4 Å². The topological polar surface area (TPSA) is 46.2 Å². The van der Waals surface area contributed by atoms with Gasteiger partial charge in [0, 0.05) is 11.6 Å². The third-order valence-corrected chi connectivity index (χ3v) is 2.94. The molecule has 0 unspecified atom stereocenters. The number of rotatable bonds is 6. The Labute approximate surface area is 85.2 Å². The average Bonchev–Trinajstić information content (AvgIpc) is 1.98. The van der Waals surface area contributed by atoms with E-state index in [2.05, 4.69) is 11.3 Å². The molecule has 1 N–H and O–H groups in total. The van der Waals surface area contributed by atoms with Crippen molar-refractivity contribution in [1.29, 1.82) is 0 Å². The maximum atomic E-state index is 11.2. The number of sulfonamides is 1. The molecule has 0 spiro atoms. The van der Waals surface area contributed by atoms with Crippen LogP contribution in [0.25, 0.3) is 0 Å². The van der Waals surface area contributed by atoms with E-state index >= 15 is 0 Å². The van der Waals surface area contributed by atoms with Crippen LogP contribution in [0.5, 0.6) is 0 Å². The zero-order chi connectivity index (χ0) is 10.5. The quantitative estimate of drug-likeness (QED) is 0.748. The van der Waals surface area contributed by atoms with E-state index in [4.69, 9.17) is 11.6 Å². The van der Waals surface area contributed by atoms with Gasteiger partial charge in [-0.15, -0.1) is 0 Å². The summed E-state index contributed by atoms with van der Waals surface area (Å²) in [6.07, 6.45) is 0.657. The molecule has 3 nitrogen and oxygen atoms in total. The van der Waals surface area contributed by atoms with Gasteiger partial charge in [0.05, 0.1) is 5.75 Å². The SMILES string of the molecule is C=C(Cl)CNS(=O)(=O)CCC(C)C. The molecule has 0 saturated carbocycles. The summed E-state index contributed by atoms with van der Waals surface area (Å²) in [5, 5.41) is 0.299. The predicted molar refractivity (Wildman–Crippen MR) is 56.2 cm³/mol. The molecule has 78 valence electrons. The van der Waals surface area contributed by atoms with Crippen molar-refractivity contribution in [3.63, 3.8) is 0 Å². The monoisotopic (exact) mass is 225 g/mol. The number of hydrogen-bond acceptors (Lipinski definition) is 2. The molecule has 0 aromatic carbocycles. The molecule has 0 aromatic heterocycles. The summed E-state index contributed by atoms with van der Waals surface area (Å²) in [6, 6.07) is 0. The first-order valence-corrected chi connectivity index (χ1v) is 6.17. The van der Waals surface area contributed by atoms with E-state index in [9.17, 15) is 8.42 Å². The van der Waals surface area contributed by atoms with Crippen molar-refractivity contribution in [2.75, 3.05) is 12.3 Å². The van der Waals surface area contributed by atoms with Gasteiger partial charge in [0.15, 0.2) is 0 Å². The number of nitrogens with one attached hydrogen (secondary N) is 1. The zero-order valence-corrected chi connectivity index (χ0v) is 9.58. The maximum Gasteiger partial charge on any atom is 0.211 e. The van der Waals surface area contributed by atoms with E-state index < -0.39 is 10.0 Å². The Kier molecular flexibility index (Phi) is 5.60. The fourth-order valence-electron chi connectivity index (χ4n) is 0.651. The van der Waals surface area contributed by atoms with Crippen LogP contribution in [-0.2, 0) is 10.0 Å². The lowest BCUT2D eigenvalue weighted by Gasteiger charge is -2.07. The molecule has 0 aromatic rings. The summed E-state index contributed by atoms with van der Waals surface area (Å²) in [6.45, 7) is 7.47. The molecule has 0 radical (unpaired) electrons. The Bertz CT molecular complexity index is 259. The average molecular weight is 226 g/mol. The summed E-state index contributed by atoms with van der Waals surface area (Å²) in [5.41, 5.74) is 0. The number of halogens is 1. The smallest absolute Gasteiger partial charge is 0.211 e. The van der Waals surface area contributed by atoms with E-state index in [1.807, 2.05) is 13.8 Å². The normalized spacial score (nSPS) is 12.0. The molecule has 0 fully saturated rings. The van der Waals surface area contributed by atoms with Gasteiger partial charge < -0.3 is 0 Å². The van der Waals surface area contributed by atoms with Crippen LogP contribution in [0.3, 0.4) is 0 Å². The molecule has 0 aliphatic heterocycles. The van der Waals surface area contributed by atoms with E-state index in [0.717, 1.165) is 0 Å². The van der Waals surface area contributed by atoms with Gasteiger partial charge in [-0.3, -0.25) is 0 Å². The highest BCUT2D eigenvalue weighted by atomic mass is 35.5. The van der Waals surface area contributed by atoms with Crippen LogP contribution in [0, 0.1) is 5.92 Å². The standard InChI is InChI=1S/C8H16ClNO2S/c1-7(2)4-5-13(11,12)10-6-8(3)9/h7,10H,3-6H2,1-2H3. The van der Waals surface area contributed by atoms with Crippen LogP contribution in [0.2, 0.25) is 0 Å². The van der Waals surface area contributed by atoms with Crippen molar-refractivity contribution in [3.05, 3.63) is 11.6 Å². The van der Waals surface area contributed by atoms with Gasteiger partial charge in [-0.25, -0.2) is 13.1 Å². The molecule has 0 saturated heterocycles. The van der Waals surface area contributed by atoms with Crippen LogP contribution in [0.15, 0.2) is 11.6 Å². The van der Waals surface area contributed by atoms with Gasteiger partial charge in [-0.1, -0.05) is 32.0 Å². The second-order valence-corrected chi connectivity index (χ2v) is 5.80. The Hall–Kier alpha value is -0.0600. The Balaban J connectivity index is 3.88. The highest BCUT2D eigenvalue weighted by molar-refractivity contribution is 7.89. The summed E-state index contributed by atoms with van der Waals surface area (Å²) >= 11 is 5.43. The minimum atomic E-state index is -3.17. The van der Waals surface area contributed by atoms with Gasteiger partial charge >= 0.3 is 0 Å². The molecule has 0 bridgehead atoms. The second kappa shape index (κ2) is 5.62. The number of hydrogen-bond donors (Lipinski definition) is 1. The molecule has 13 heavy (non-hydrogen) atoms. The summed E-state index contributed by atoms with van der Waals surface area (Å²) in [7, 11) is -3.17. The molecule has 0 aliphatic carbocycles. The first-order chi connectivity index (χ1) is 5.83. The highest BCUT2D eigenvalue weighted by Gasteiger charge is 2.10. The molecule has 0 atom stereocenters. The van der Waals surface area contributed by atoms with Crippen LogP contribution in [0.1, 0.15) is 20.3 Å². The first-order valence-electron chi connectivity index (χ1n) is 4.14. The predicted octanol–water partition coefficient (Wildman–Crippen LogP) is 1.70. The van der Waals surface area contributed by atoms with Crippen molar-refractivity contribution >= 4 is 21.6 Å². The van der Waals surface area contributed by atoms with Crippen molar-refractivity contribution in [2.24, 2.45) is 5.92 Å². The van der Waals surface area contributed by atoms with Crippen LogP contribution in [0.4, 0.5) is 0 Å².